The number of hydrogen-bond acceptors (Lipinski definition) is 6. The molecule has 168 valence electrons. The molecule has 1 N–H and O–H groups in total. The van der Waals surface area contributed by atoms with Gasteiger partial charge in [-0.2, -0.15) is 0 Å². The van der Waals surface area contributed by atoms with Gasteiger partial charge in [0.1, 0.15) is 12.3 Å². The zero-order valence-electron chi connectivity index (χ0n) is 18.2. The Balaban J connectivity index is 1.46. The van der Waals surface area contributed by atoms with Crippen LogP contribution in [0.2, 0.25) is 0 Å². The number of ketones is 1. The summed E-state index contributed by atoms with van der Waals surface area (Å²) in [4.78, 5) is 38.9. The fraction of sp³-hybridized carbons (Fsp3) is 0.375. The van der Waals surface area contributed by atoms with Crippen LogP contribution in [0.1, 0.15) is 28.8 Å². The maximum absolute atomic E-state index is 12.8. The number of benzene rings is 2. The van der Waals surface area contributed by atoms with Crippen molar-refractivity contribution in [2.45, 2.75) is 19.8 Å². The van der Waals surface area contributed by atoms with E-state index in [1.165, 1.54) is 4.90 Å². The average molecular weight is 438 g/mol. The number of carbonyl (C=O) groups is 3. The molecule has 1 aliphatic heterocycles. The van der Waals surface area contributed by atoms with Crippen LogP contribution in [0.4, 0.5) is 5.69 Å². The van der Waals surface area contributed by atoms with Gasteiger partial charge < -0.3 is 19.5 Å². The van der Waals surface area contributed by atoms with Crippen LogP contribution >= 0.6 is 0 Å². The Morgan fingerprint density at radius 3 is 2.72 bits per heavy atom. The van der Waals surface area contributed by atoms with E-state index in [0.29, 0.717) is 41.0 Å². The molecule has 4 rings (SSSR count). The number of methoxy groups -OCH3 is 1. The van der Waals surface area contributed by atoms with Crippen molar-refractivity contribution in [3.8, 4) is 17.2 Å². The highest BCUT2D eigenvalue weighted by molar-refractivity contribution is 6.04. The Bertz CT molecular complexity index is 1050. The van der Waals surface area contributed by atoms with Crippen molar-refractivity contribution in [2.24, 2.45) is 5.92 Å². The zero-order valence-corrected chi connectivity index (χ0v) is 18.2. The lowest BCUT2D eigenvalue weighted by atomic mass is 10.1. The predicted octanol–water partition coefficient (Wildman–Crippen LogP) is 2.52. The van der Waals surface area contributed by atoms with Crippen molar-refractivity contribution in [2.75, 3.05) is 38.3 Å². The molecule has 0 bridgehead atoms. The van der Waals surface area contributed by atoms with Gasteiger partial charge in [0.2, 0.25) is 5.91 Å². The molecule has 2 amide bonds. The quantitative estimate of drug-likeness (QED) is 0.605. The number of aryl methyl sites for hydroxylation is 1. The molecule has 2 aromatic rings. The molecule has 1 fully saturated rings. The molecule has 8 heteroatoms. The van der Waals surface area contributed by atoms with Crippen LogP contribution in [0, 0.1) is 12.8 Å². The van der Waals surface area contributed by atoms with Crippen LogP contribution in [0.5, 0.6) is 17.2 Å². The lowest BCUT2D eigenvalue weighted by molar-refractivity contribution is -0.125. The van der Waals surface area contributed by atoms with Gasteiger partial charge in [-0.25, -0.2) is 0 Å². The first-order valence-electron chi connectivity index (χ1n) is 10.6. The van der Waals surface area contributed by atoms with Crippen LogP contribution in [-0.2, 0) is 9.59 Å². The first-order valence-corrected chi connectivity index (χ1v) is 10.6. The van der Waals surface area contributed by atoms with Crippen LogP contribution in [0.25, 0.3) is 0 Å². The van der Waals surface area contributed by atoms with Gasteiger partial charge in [-0.05, 0) is 61.6 Å². The van der Waals surface area contributed by atoms with Crippen molar-refractivity contribution < 1.29 is 28.6 Å². The minimum atomic E-state index is -0.329. The SMILES string of the molecule is COc1cc(C)ccc1OCC(=O)c1ccc2c(c1)N(CC(=O)NCC1CC1)C(=O)CO2. The molecule has 0 spiro atoms. The topological polar surface area (TPSA) is 94.2 Å². The minimum absolute atomic E-state index is 0.114. The Kier molecular flexibility index (Phi) is 6.30. The first-order chi connectivity index (χ1) is 15.4. The van der Waals surface area contributed by atoms with E-state index in [-0.39, 0.29) is 37.4 Å². The van der Waals surface area contributed by atoms with Crippen molar-refractivity contribution in [3.63, 3.8) is 0 Å². The Hall–Kier alpha value is -3.55. The fourth-order valence-corrected chi connectivity index (χ4v) is 3.45. The Labute approximate surface area is 186 Å². The summed E-state index contributed by atoms with van der Waals surface area (Å²) in [7, 11) is 1.54. The molecule has 0 radical (unpaired) electrons. The summed E-state index contributed by atoms with van der Waals surface area (Å²) in [5.74, 6) is 1.18. The summed E-state index contributed by atoms with van der Waals surface area (Å²) >= 11 is 0. The van der Waals surface area contributed by atoms with Crippen LogP contribution in [0.3, 0.4) is 0 Å². The van der Waals surface area contributed by atoms with E-state index in [4.69, 9.17) is 14.2 Å². The van der Waals surface area contributed by atoms with Gasteiger partial charge in [0.25, 0.3) is 5.91 Å². The second kappa shape index (κ2) is 9.30. The highest BCUT2D eigenvalue weighted by Gasteiger charge is 2.29. The molecule has 8 nitrogen and oxygen atoms in total. The molecule has 0 aromatic heterocycles. The van der Waals surface area contributed by atoms with Gasteiger partial charge in [-0.1, -0.05) is 6.07 Å². The number of fused-ring (bicyclic) bond motifs is 1. The maximum Gasteiger partial charge on any atom is 0.265 e. The summed E-state index contributed by atoms with van der Waals surface area (Å²) in [6.07, 6.45) is 2.25. The van der Waals surface area contributed by atoms with Crippen molar-refractivity contribution in [1.29, 1.82) is 0 Å². The number of nitrogens with zero attached hydrogens (tertiary/aromatic N) is 1. The van der Waals surface area contributed by atoms with E-state index in [1.54, 1.807) is 31.4 Å². The highest BCUT2D eigenvalue weighted by Crippen LogP contribution is 2.33. The van der Waals surface area contributed by atoms with Crippen LogP contribution < -0.4 is 24.4 Å². The largest absolute Gasteiger partial charge is 0.493 e. The van der Waals surface area contributed by atoms with Gasteiger partial charge in [-0.15, -0.1) is 0 Å². The van der Waals surface area contributed by atoms with Gasteiger partial charge in [-0.3, -0.25) is 19.3 Å². The molecule has 2 aliphatic rings. The highest BCUT2D eigenvalue weighted by atomic mass is 16.5. The van der Waals surface area contributed by atoms with E-state index in [9.17, 15) is 14.4 Å². The van der Waals surface area contributed by atoms with Crippen LogP contribution in [0.15, 0.2) is 36.4 Å². The number of nitrogens with one attached hydrogen (secondary N) is 1. The first kappa shape index (κ1) is 21.7. The number of carbonyl (C=O) groups excluding carboxylic acids is 3. The number of ether oxygens (including phenoxy) is 3. The van der Waals surface area contributed by atoms with E-state index in [1.807, 2.05) is 19.1 Å². The van der Waals surface area contributed by atoms with Gasteiger partial charge >= 0.3 is 0 Å². The number of hydrogen-bond donors (Lipinski definition) is 1. The van der Waals surface area contributed by atoms with Crippen LogP contribution in [-0.4, -0.2) is 51.0 Å². The van der Waals surface area contributed by atoms with E-state index in [0.717, 1.165) is 18.4 Å². The van der Waals surface area contributed by atoms with E-state index < -0.39 is 0 Å². The molecule has 0 atom stereocenters. The molecular weight excluding hydrogens is 412 g/mol. The molecule has 1 aliphatic carbocycles. The Morgan fingerprint density at radius 2 is 1.97 bits per heavy atom. The third-order valence-electron chi connectivity index (χ3n) is 5.49. The minimum Gasteiger partial charge on any atom is -0.493 e. The average Bonchev–Trinajstić information content (AvgIpc) is 3.62. The van der Waals surface area contributed by atoms with E-state index in [2.05, 4.69) is 5.32 Å². The van der Waals surface area contributed by atoms with Gasteiger partial charge in [0.05, 0.1) is 12.8 Å². The van der Waals surface area contributed by atoms with Crippen molar-refractivity contribution >= 4 is 23.3 Å². The second-order valence-electron chi connectivity index (χ2n) is 8.06. The molecule has 0 unspecified atom stereocenters. The smallest absolute Gasteiger partial charge is 0.265 e. The molecule has 1 saturated carbocycles. The standard InChI is InChI=1S/C24H26N2O6/c1-15-3-7-21(22(9-15)30-2)31-13-19(27)17-6-8-20-18(10-17)26(24(29)14-32-20)12-23(28)25-11-16-4-5-16/h3,6-10,16H,4-5,11-14H2,1-2H3,(H,25,28). The van der Waals surface area contributed by atoms with Gasteiger partial charge in [0.15, 0.2) is 30.5 Å². The van der Waals surface area contributed by atoms with Gasteiger partial charge in [0, 0.05) is 12.1 Å². The number of amides is 2. The molecule has 0 saturated heterocycles. The van der Waals surface area contributed by atoms with Crippen molar-refractivity contribution in [3.05, 3.63) is 47.5 Å². The third kappa shape index (κ3) is 5.01. The Morgan fingerprint density at radius 1 is 1.16 bits per heavy atom. The molecular formula is C24H26N2O6. The fourth-order valence-electron chi connectivity index (χ4n) is 3.45. The van der Waals surface area contributed by atoms with Crippen molar-refractivity contribution in [1.82, 2.24) is 5.32 Å². The summed E-state index contributed by atoms with van der Waals surface area (Å²) in [6, 6.07) is 10.3. The summed E-state index contributed by atoms with van der Waals surface area (Å²) in [6.45, 7) is 2.10. The molecule has 2 aromatic carbocycles. The maximum atomic E-state index is 12.8. The normalized spacial score (nSPS) is 14.9. The zero-order chi connectivity index (χ0) is 22.7. The summed E-state index contributed by atoms with van der Waals surface area (Å²) in [5.41, 5.74) is 1.78. The second-order valence-corrected chi connectivity index (χ2v) is 8.06. The molecule has 1 heterocycles. The third-order valence-corrected chi connectivity index (χ3v) is 5.49. The lowest BCUT2D eigenvalue weighted by Crippen LogP contribution is -2.45. The summed E-state index contributed by atoms with van der Waals surface area (Å²) < 4.78 is 16.4. The number of anilines is 1. The monoisotopic (exact) mass is 438 g/mol. The predicted molar refractivity (Wildman–Crippen MR) is 118 cm³/mol. The lowest BCUT2D eigenvalue weighted by Gasteiger charge is -2.29. The number of rotatable bonds is 9. The summed E-state index contributed by atoms with van der Waals surface area (Å²) in [5, 5.41) is 2.86. The number of Topliss-reactive ketones (excluding diaryl/α,β-unsaturated/α-hetero) is 1. The van der Waals surface area contributed by atoms with E-state index >= 15 is 0 Å². The molecule has 32 heavy (non-hydrogen) atoms.